The lowest BCUT2D eigenvalue weighted by molar-refractivity contribution is 0.134. The zero-order chi connectivity index (χ0) is 16.7. The molecule has 1 N–H and O–H groups in total. The zero-order valence-electron chi connectivity index (χ0n) is 14.4. The standard InChI is InChI=1S/C21H23NO2/c1-21(2,3)20(22-15-7-5-4-6-8-15)19-16-9-10-24-18(16)11-14-12-23-13-17(14)19/h4-11,20,22H,12-13H2,1-3H3. The lowest BCUT2D eigenvalue weighted by atomic mass is 9.78. The quantitative estimate of drug-likeness (QED) is 0.675. The molecular formula is C21H23NO2. The minimum absolute atomic E-state index is 0.0394. The van der Waals surface area contributed by atoms with Crippen LogP contribution in [0.4, 0.5) is 5.69 Å². The summed E-state index contributed by atoms with van der Waals surface area (Å²) in [5.41, 5.74) is 5.98. The SMILES string of the molecule is CC(C)(C)C(Nc1ccccc1)c1c2c(cc3occc13)COC2. The van der Waals surface area contributed by atoms with Crippen molar-refractivity contribution in [3.63, 3.8) is 0 Å². The smallest absolute Gasteiger partial charge is 0.134 e. The largest absolute Gasteiger partial charge is 0.464 e. The van der Waals surface area contributed by atoms with E-state index in [1.807, 2.05) is 6.07 Å². The van der Waals surface area contributed by atoms with Crippen LogP contribution in [0.3, 0.4) is 0 Å². The van der Waals surface area contributed by atoms with Crippen molar-refractivity contribution in [3.05, 3.63) is 65.4 Å². The molecule has 1 aliphatic heterocycles. The first kappa shape index (κ1) is 15.3. The van der Waals surface area contributed by atoms with Gasteiger partial charge in [0.1, 0.15) is 5.58 Å². The van der Waals surface area contributed by atoms with Gasteiger partial charge < -0.3 is 14.5 Å². The average Bonchev–Trinajstić information content (AvgIpc) is 3.19. The third-order valence-corrected chi connectivity index (χ3v) is 4.75. The topological polar surface area (TPSA) is 34.4 Å². The number of anilines is 1. The average molecular weight is 321 g/mol. The second-order valence-corrected chi connectivity index (χ2v) is 7.56. The molecule has 1 atom stereocenters. The maximum atomic E-state index is 5.74. The van der Waals surface area contributed by atoms with Gasteiger partial charge in [0, 0.05) is 11.1 Å². The molecule has 2 aromatic carbocycles. The van der Waals surface area contributed by atoms with E-state index >= 15 is 0 Å². The summed E-state index contributed by atoms with van der Waals surface area (Å²) in [4.78, 5) is 0. The molecule has 4 rings (SSSR count). The summed E-state index contributed by atoms with van der Waals surface area (Å²) in [5.74, 6) is 0. The van der Waals surface area contributed by atoms with E-state index in [1.165, 1.54) is 22.1 Å². The molecule has 0 spiro atoms. The molecule has 1 aromatic heterocycles. The number of para-hydroxylation sites is 1. The molecule has 0 amide bonds. The van der Waals surface area contributed by atoms with E-state index in [4.69, 9.17) is 9.15 Å². The van der Waals surface area contributed by atoms with Crippen molar-refractivity contribution in [2.75, 3.05) is 5.32 Å². The summed E-state index contributed by atoms with van der Waals surface area (Å²) in [6.45, 7) is 8.16. The Balaban J connectivity index is 1.90. The minimum atomic E-state index is 0.0394. The number of rotatable bonds is 3. The number of fused-ring (bicyclic) bond motifs is 2. The van der Waals surface area contributed by atoms with E-state index in [0.29, 0.717) is 13.2 Å². The molecule has 0 radical (unpaired) electrons. The fraction of sp³-hybridized carbons (Fsp3) is 0.333. The van der Waals surface area contributed by atoms with E-state index in [-0.39, 0.29) is 11.5 Å². The van der Waals surface area contributed by atoms with Crippen molar-refractivity contribution < 1.29 is 9.15 Å². The monoisotopic (exact) mass is 321 g/mol. The molecule has 0 aliphatic carbocycles. The van der Waals surface area contributed by atoms with E-state index in [2.05, 4.69) is 62.5 Å². The van der Waals surface area contributed by atoms with Crippen molar-refractivity contribution in [3.8, 4) is 0 Å². The molecule has 2 heterocycles. The molecular weight excluding hydrogens is 298 g/mol. The lowest BCUT2D eigenvalue weighted by Crippen LogP contribution is -2.27. The summed E-state index contributed by atoms with van der Waals surface area (Å²) in [7, 11) is 0. The van der Waals surface area contributed by atoms with Gasteiger partial charge >= 0.3 is 0 Å². The first-order valence-corrected chi connectivity index (χ1v) is 8.45. The Hall–Kier alpha value is -2.26. The Morgan fingerprint density at radius 3 is 2.58 bits per heavy atom. The highest BCUT2D eigenvalue weighted by Crippen LogP contribution is 2.43. The first-order valence-electron chi connectivity index (χ1n) is 8.45. The van der Waals surface area contributed by atoms with Gasteiger partial charge in [0.15, 0.2) is 0 Å². The Bertz CT molecular complexity index is 859. The highest BCUT2D eigenvalue weighted by atomic mass is 16.5. The van der Waals surface area contributed by atoms with Gasteiger partial charge in [0.05, 0.1) is 25.5 Å². The van der Waals surface area contributed by atoms with Crippen LogP contribution in [0.5, 0.6) is 0 Å². The van der Waals surface area contributed by atoms with Gasteiger partial charge in [0.2, 0.25) is 0 Å². The third kappa shape index (κ3) is 2.59. The minimum Gasteiger partial charge on any atom is -0.464 e. The molecule has 1 aliphatic rings. The van der Waals surface area contributed by atoms with Gasteiger partial charge in [-0.05, 0) is 46.4 Å². The zero-order valence-corrected chi connectivity index (χ0v) is 14.4. The first-order chi connectivity index (χ1) is 11.5. The molecule has 0 saturated carbocycles. The normalized spacial score (nSPS) is 15.5. The Kier molecular flexibility index (Phi) is 3.61. The molecule has 24 heavy (non-hydrogen) atoms. The van der Waals surface area contributed by atoms with Crippen LogP contribution in [0.1, 0.15) is 43.5 Å². The van der Waals surface area contributed by atoms with Gasteiger partial charge in [-0.2, -0.15) is 0 Å². The van der Waals surface area contributed by atoms with E-state index in [1.54, 1.807) is 6.26 Å². The molecule has 0 saturated heterocycles. The fourth-order valence-corrected chi connectivity index (χ4v) is 3.55. The predicted octanol–water partition coefficient (Wildman–Crippen LogP) is 5.66. The van der Waals surface area contributed by atoms with Crippen LogP contribution >= 0.6 is 0 Å². The molecule has 0 bridgehead atoms. The molecule has 0 fully saturated rings. The number of hydrogen-bond donors (Lipinski definition) is 1. The van der Waals surface area contributed by atoms with Gasteiger partial charge in [-0.3, -0.25) is 0 Å². The number of furan rings is 1. The van der Waals surface area contributed by atoms with E-state index in [9.17, 15) is 0 Å². The molecule has 1 unspecified atom stereocenters. The maximum absolute atomic E-state index is 5.74. The summed E-state index contributed by atoms with van der Waals surface area (Å²) in [6.07, 6.45) is 1.78. The van der Waals surface area contributed by atoms with E-state index < -0.39 is 0 Å². The van der Waals surface area contributed by atoms with Crippen LogP contribution < -0.4 is 5.32 Å². The van der Waals surface area contributed by atoms with Crippen LogP contribution in [-0.2, 0) is 18.0 Å². The van der Waals surface area contributed by atoms with E-state index in [0.717, 1.165) is 11.3 Å². The molecule has 3 nitrogen and oxygen atoms in total. The Labute approximate surface area is 142 Å². The number of nitrogens with one attached hydrogen (secondary N) is 1. The van der Waals surface area contributed by atoms with Crippen molar-refractivity contribution >= 4 is 16.7 Å². The summed E-state index contributed by atoms with van der Waals surface area (Å²) >= 11 is 0. The highest BCUT2D eigenvalue weighted by Gasteiger charge is 2.32. The molecule has 124 valence electrons. The molecule has 3 aromatic rings. The van der Waals surface area contributed by atoms with Crippen LogP contribution in [0.25, 0.3) is 11.0 Å². The van der Waals surface area contributed by atoms with Crippen molar-refractivity contribution in [2.24, 2.45) is 5.41 Å². The third-order valence-electron chi connectivity index (χ3n) is 4.75. The van der Waals surface area contributed by atoms with Gasteiger partial charge in [-0.15, -0.1) is 0 Å². The van der Waals surface area contributed by atoms with Crippen molar-refractivity contribution in [2.45, 2.75) is 40.0 Å². The van der Waals surface area contributed by atoms with Crippen LogP contribution in [0, 0.1) is 5.41 Å². The summed E-state index contributed by atoms with van der Waals surface area (Å²) < 4.78 is 11.5. The highest BCUT2D eigenvalue weighted by molar-refractivity contribution is 5.85. The summed E-state index contributed by atoms with van der Waals surface area (Å²) in [5, 5.41) is 4.93. The fourth-order valence-electron chi connectivity index (χ4n) is 3.55. The van der Waals surface area contributed by atoms with Crippen LogP contribution in [-0.4, -0.2) is 0 Å². The van der Waals surface area contributed by atoms with Gasteiger partial charge in [-0.25, -0.2) is 0 Å². The summed E-state index contributed by atoms with van der Waals surface area (Å²) in [6, 6.07) is 14.8. The Morgan fingerprint density at radius 1 is 1.04 bits per heavy atom. The number of ether oxygens (including phenoxy) is 1. The number of hydrogen-bond acceptors (Lipinski definition) is 3. The molecule has 3 heteroatoms. The van der Waals surface area contributed by atoms with Gasteiger partial charge in [-0.1, -0.05) is 39.0 Å². The van der Waals surface area contributed by atoms with Gasteiger partial charge in [0.25, 0.3) is 0 Å². The van der Waals surface area contributed by atoms with Crippen molar-refractivity contribution in [1.29, 1.82) is 0 Å². The van der Waals surface area contributed by atoms with Crippen LogP contribution in [0.15, 0.2) is 53.1 Å². The second-order valence-electron chi connectivity index (χ2n) is 7.56. The maximum Gasteiger partial charge on any atom is 0.134 e. The lowest BCUT2D eigenvalue weighted by Gasteiger charge is -2.34. The Morgan fingerprint density at radius 2 is 1.83 bits per heavy atom. The van der Waals surface area contributed by atoms with Crippen molar-refractivity contribution in [1.82, 2.24) is 0 Å². The second kappa shape index (κ2) is 5.67. The number of benzene rings is 2. The van der Waals surface area contributed by atoms with Crippen LogP contribution in [0.2, 0.25) is 0 Å². The predicted molar refractivity (Wildman–Crippen MR) is 97.0 cm³/mol.